The van der Waals surface area contributed by atoms with E-state index in [9.17, 15) is 14.0 Å². The Morgan fingerprint density at radius 1 is 1.14 bits per heavy atom. The van der Waals surface area contributed by atoms with Crippen molar-refractivity contribution in [3.63, 3.8) is 0 Å². The molecule has 0 aliphatic carbocycles. The molecule has 2 heterocycles. The van der Waals surface area contributed by atoms with Gasteiger partial charge in [0.2, 0.25) is 0 Å². The van der Waals surface area contributed by atoms with E-state index in [2.05, 4.69) is 10.6 Å². The van der Waals surface area contributed by atoms with Gasteiger partial charge in [-0.15, -0.1) is 11.3 Å². The number of hydrogen-bond acceptors (Lipinski definition) is 5. The normalized spacial score (nSPS) is 15.5. The molecule has 0 radical (unpaired) electrons. The van der Waals surface area contributed by atoms with Crippen molar-refractivity contribution in [2.24, 2.45) is 0 Å². The first-order valence-electron chi connectivity index (χ1n) is 11.4. The van der Waals surface area contributed by atoms with Crippen LogP contribution in [0.2, 0.25) is 0 Å². The molecule has 1 amide bonds. The molecule has 4 rings (SSSR count). The minimum Gasteiger partial charge on any atom is -0.462 e. The van der Waals surface area contributed by atoms with Crippen molar-refractivity contribution in [2.75, 3.05) is 16.8 Å². The van der Waals surface area contributed by atoms with E-state index in [0.717, 1.165) is 16.1 Å². The number of para-hydroxylation sites is 1. The summed E-state index contributed by atoms with van der Waals surface area (Å²) in [5, 5.41) is 6.94. The average molecular weight is 524 g/mol. The number of ether oxygens (including phenoxy) is 1. The number of allylic oxidation sites excluding steroid dienone is 1. The Hall–Kier alpha value is -3.56. The van der Waals surface area contributed by atoms with Crippen molar-refractivity contribution in [3.05, 3.63) is 93.3 Å². The number of amides is 1. The molecule has 2 aromatic carbocycles. The molecule has 0 bridgehead atoms. The fourth-order valence-corrected chi connectivity index (χ4v) is 5.60. The monoisotopic (exact) mass is 523 g/mol. The van der Waals surface area contributed by atoms with Crippen LogP contribution in [-0.2, 0) is 9.53 Å². The molecule has 0 unspecified atom stereocenters. The van der Waals surface area contributed by atoms with Crippen LogP contribution in [0.5, 0.6) is 0 Å². The molecule has 3 aromatic rings. The van der Waals surface area contributed by atoms with Crippen LogP contribution < -0.4 is 15.5 Å². The summed E-state index contributed by atoms with van der Waals surface area (Å²) in [5.41, 5.74) is 3.39. The molecule has 0 spiro atoms. The first-order chi connectivity index (χ1) is 17.2. The Kier molecular flexibility index (Phi) is 7.51. The van der Waals surface area contributed by atoms with E-state index in [-0.39, 0.29) is 6.61 Å². The molecule has 36 heavy (non-hydrogen) atoms. The van der Waals surface area contributed by atoms with Crippen LogP contribution in [0.1, 0.15) is 46.3 Å². The number of hydrogen-bond donors (Lipinski definition) is 2. The predicted molar refractivity (Wildman–Crippen MR) is 145 cm³/mol. The Morgan fingerprint density at radius 2 is 1.86 bits per heavy atom. The maximum absolute atomic E-state index is 14.2. The van der Waals surface area contributed by atoms with Crippen molar-refractivity contribution in [1.29, 1.82) is 0 Å². The fraction of sp³-hybridized carbons (Fsp3) is 0.222. The second kappa shape index (κ2) is 10.6. The topological polar surface area (TPSA) is 70.7 Å². The van der Waals surface area contributed by atoms with Crippen molar-refractivity contribution in [3.8, 4) is 0 Å². The zero-order chi connectivity index (χ0) is 26.0. The first-order valence-corrected chi connectivity index (χ1v) is 12.7. The zero-order valence-corrected chi connectivity index (χ0v) is 22.0. The van der Waals surface area contributed by atoms with Crippen molar-refractivity contribution < 1.29 is 18.7 Å². The molecule has 0 saturated carbocycles. The van der Waals surface area contributed by atoms with Gasteiger partial charge in [-0.05, 0) is 75.3 Å². The molecule has 1 aliphatic rings. The van der Waals surface area contributed by atoms with Gasteiger partial charge in [0.15, 0.2) is 5.11 Å². The molecule has 1 aliphatic heterocycles. The number of thiocarbonyl (C=S) groups is 1. The second-order valence-corrected chi connectivity index (χ2v) is 9.88. The molecule has 0 fully saturated rings. The molecular weight excluding hydrogens is 497 g/mol. The van der Waals surface area contributed by atoms with Crippen molar-refractivity contribution >= 4 is 51.2 Å². The SMILES string of the molecule is CCOC(=O)c1c(NC(=O)C2=C(C)N(c3ccccc3)C(=S)N[C@H]2c2cccc(F)c2)sc(C)c1C. The van der Waals surface area contributed by atoms with E-state index < -0.39 is 23.7 Å². The first kappa shape index (κ1) is 25.5. The molecule has 6 nitrogen and oxygen atoms in total. The average Bonchev–Trinajstić information content (AvgIpc) is 3.12. The number of anilines is 2. The number of halogens is 1. The Labute approximate surface area is 218 Å². The van der Waals surface area contributed by atoms with E-state index in [1.165, 1.54) is 23.5 Å². The Bertz CT molecular complexity index is 1370. The number of rotatable bonds is 6. The van der Waals surface area contributed by atoms with Gasteiger partial charge in [0.05, 0.1) is 23.8 Å². The van der Waals surface area contributed by atoms with Crippen LogP contribution in [0.3, 0.4) is 0 Å². The van der Waals surface area contributed by atoms with Crippen molar-refractivity contribution in [2.45, 2.75) is 33.7 Å². The van der Waals surface area contributed by atoms with E-state index >= 15 is 0 Å². The molecule has 186 valence electrons. The predicted octanol–water partition coefficient (Wildman–Crippen LogP) is 6.03. The highest BCUT2D eigenvalue weighted by atomic mass is 32.1. The third kappa shape index (κ3) is 4.89. The molecule has 2 N–H and O–H groups in total. The van der Waals surface area contributed by atoms with Gasteiger partial charge in [-0.2, -0.15) is 0 Å². The third-order valence-electron chi connectivity index (χ3n) is 6.02. The molecule has 1 aromatic heterocycles. The number of nitrogens with zero attached hydrogens (tertiary/aromatic N) is 1. The van der Waals surface area contributed by atoms with Crippen LogP contribution in [0.25, 0.3) is 0 Å². The summed E-state index contributed by atoms with van der Waals surface area (Å²) in [5.74, 6) is -1.34. The summed E-state index contributed by atoms with van der Waals surface area (Å²) >= 11 is 6.98. The van der Waals surface area contributed by atoms with Gasteiger partial charge in [-0.25, -0.2) is 9.18 Å². The summed E-state index contributed by atoms with van der Waals surface area (Å²) in [6.07, 6.45) is 0. The standard InChI is InChI=1S/C27H26FN3O3S2/c1-5-34-26(33)21-15(2)17(4)36-25(21)30-24(32)22-16(3)31(20-12-7-6-8-13-20)27(35)29-23(22)18-10-9-11-19(28)14-18/h6-14,23H,5H2,1-4H3,(H,29,35)(H,30,32)/t23-/m0/s1. The highest BCUT2D eigenvalue weighted by Gasteiger charge is 2.35. The van der Waals surface area contributed by atoms with Gasteiger partial charge < -0.3 is 15.4 Å². The van der Waals surface area contributed by atoms with Gasteiger partial charge in [0.25, 0.3) is 5.91 Å². The second-order valence-electron chi connectivity index (χ2n) is 8.27. The van der Waals surface area contributed by atoms with Crippen LogP contribution in [0.4, 0.5) is 15.1 Å². The molecule has 0 saturated heterocycles. The number of thiophene rings is 1. The number of nitrogens with one attached hydrogen (secondary N) is 2. The van der Waals surface area contributed by atoms with E-state index in [4.69, 9.17) is 17.0 Å². The summed E-state index contributed by atoms with van der Waals surface area (Å²) in [6.45, 7) is 7.47. The fourth-order valence-electron chi connectivity index (χ4n) is 4.20. The lowest BCUT2D eigenvalue weighted by Crippen LogP contribution is -2.48. The lowest BCUT2D eigenvalue weighted by atomic mass is 9.94. The van der Waals surface area contributed by atoms with Gasteiger partial charge in [-0.1, -0.05) is 30.3 Å². The van der Waals surface area contributed by atoms with Gasteiger partial charge in [0.1, 0.15) is 10.8 Å². The number of carbonyl (C=O) groups is 2. The minimum absolute atomic E-state index is 0.222. The van der Waals surface area contributed by atoms with Gasteiger partial charge in [0, 0.05) is 16.3 Å². The largest absolute Gasteiger partial charge is 0.462 e. The number of carbonyl (C=O) groups excluding carboxylic acids is 2. The maximum Gasteiger partial charge on any atom is 0.341 e. The smallest absolute Gasteiger partial charge is 0.341 e. The van der Waals surface area contributed by atoms with Crippen LogP contribution in [-0.4, -0.2) is 23.6 Å². The Balaban J connectivity index is 1.82. The van der Waals surface area contributed by atoms with E-state index in [1.807, 2.05) is 44.2 Å². The lowest BCUT2D eigenvalue weighted by Gasteiger charge is -2.38. The summed E-state index contributed by atoms with van der Waals surface area (Å²) in [7, 11) is 0. The van der Waals surface area contributed by atoms with E-state index in [0.29, 0.717) is 32.5 Å². The highest BCUT2D eigenvalue weighted by Crippen LogP contribution is 2.37. The van der Waals surface area contributed by atoms with Crippen LogP contribution >= 0.6 is 23.6 Å². The summed E-state index contributed by atoms with van der Waals surface area (Å²) in [6, 6.07) is 14.8. The third-order valence-corrected chi connectivity index (χ3v) is 7.44. The van der Waals surface area contributed by atoms with Crippen LogP contribution in [0.15, 0.2) is 65.9 Å². The number of esters is 1. The van der Waals surface area contributed by atoms with E-state index in [1.54, 1.807) is 30.9 Å². The summed E-state index contributed by atoms with van der Waals surface area (Å²) in [4.78, 5) is 29.2. The van der Waals surface area contributed by atoms with Gasteiger partial charge in [-0.3, -0.25) is 9.69 Å². The van der Waals surface area contributed by atoms with Crippen molar-refractivity contribution in [1.82, 2.24) is 5.32 Å². The molecule has 1 atom stereocenters. The summed E-state index contributed by atoms with van der Waals surface area (Å²) < 4.78 is 19.4. The number of aryl methyl sites for hydroxylation is 1. The molecular formula is C27H26FN3O3S2. The molecule has 9 heteroatoms. The number of benzene rings is 2. The quantitative estimate of drug-likeness (QED) is 0.304. The van der Waals surface area contributed by atoms with Crippen LogP contribution in [0, 0.1) is 19.7 Å². The van der Waals surface area contributed by atoms with Gasteiger partial charge >= 0.3 is 5.97 Å². The zero-order valence-electron chi connectivity index (χ0n) is 20.3. The maximum atomic E-state index is 14.2. The minimum atomic E-state index is -0.693. The lowest BCUT2D eigenvalue weighted by molar-refractivity contribution is -0.113. The highest BCUT2D eigenvalue weighted by molar-refractivity contribution is 7.80. The Morgan fingerprint density at radius 3 is 2.53 bits per heavy atom.